The van der Waals surface area contributed by atoms with Crippen LogP contribution in [0.2, 0.25) is 5.02 Å². The van der Waals surface area contributed by atoms with Crippen LogP contribution < -0.4 is 14.4 Å². The minimum absolute atomic E-state index is 0.0646. The lowest BCUT2D eigenvalue weighted by Crippen LogP contribution is -2.49. The molecule has 0 aliphatic carbocycles. The highest BCUT2D eigenvalue weighted by Gasteiger charge is 2.27. The molecule has 0 heterocycles. The summed E-state index contributed by atoms with van der Waals surface area (Å²) in [4.78, 5) is 27.4. The molecule has 0 aliphatic rings. The zero-order valence-corrected chi connectivity index (χ0v) is 22.4. The van der Waals surface area contributed by atoms with Gasteiger partial charge in [-0.1, -0.05) is 23.7 Å². The number of carbonyl (C=O) groups is 2. The molecule has 0 unspecified atom stereocenters. The Bertz CT molecular complexity index is 1090. The van der Waals surface area contributed by atoms with Gasteiger partial charge in [-0.2, -0.15) is 0 Å². The van der Waals surface area contributed by atoms with Crippen molar-refractivity contribution in [3.63, 3.8) is 0 Å². The van der Waals surface area contributed by atoms with Gasteiger partial charge in [0.2, 0.25) is 21.8 Å². The molecule has 0 spiro atoms. The number of sulfonamides is 1. The van der Waals surface area contributed by atoms with Gasteiger partial charge in [0.15, 0.2) is 0 Å². The molecule has 0 saturated carbocycles. The second-order valence-electron chi connectivity index (χ2n) is 8.62. The van der Waals surface area contributed by atoms with E-state index >= 15 is 0 Å². The number of amides is 2. The van der Waals surface area contributed by atoms with E-state index in [1.165, 1.54) is 16.3 Å². The molecule has 10 heteroatoms. The highest BCUT2D eigenvalue weighted by molar-refractivity contribution is 7.92. The lowest BCUT2D eigenvalue weighted by molar-refractivity contribution is -0.140. The Kier molecular flexibility index (Phi) is 10.4. The number of hydrogen-bond donors (Lipinski definition) is 1. The molecule has 1 atom stereocenters. The summed E-state index contributed by atoms with van der Waals surface area (Å²) in [6, 6.07) is 13.0. The fraction of sp³-hybridized carbons (Fsp3) is 0.440. The molecule has 2 aromatic rings. The first-order valence-corrected chi connectivity index (χ1v) is 13.6. The summed E-state index contributed by atoms with van der Waals surface area (Å²) in [5.41, 5.74) is 1.33. The average molecular weight is 524 g/mol. The van der Waals surface area contributed by atoms with Crippen LogP contribution in [0, 0.1) is 0 Å². The summed E-state index contributed by atoms with van der Waals surface area (Å²) in [6.07, 6.45) is 1.49. The number of carbonyl (C=O) groups excluding carboxylic acids is 2. The molecule has 2 amide bonds. The van der Waals surface area contributed by atoms with Crippen molar-refractivity contribution >= 4 is 39.1 Å². The third kappa shape index (κ3) is 8.74. The molecule has 0 fully saturated rings. The molecule has 0 saturated heterocycles. The topological polar surface area (TPSA) is 96.0 Å². The molecule has 0 bridgehead atoms. The van der Waals surface area contributed by atoms with Gasteiger partial charge in [-0.05, 0) is 69.2 Å². The second kappa shape index (κ2) is 12.8. The van der Waals surface area contributed by atoms with E-state index in [1.54, 1.807) is 43.3 Å². The van der Waals surface area contributed by atoms with E-state index in [2.05, 4.69) is 5.32 Å². The fourth-order valence-electron chi connectivity index (χ4n) is 3.53. The van der Waals surface area contributed by atoms with Gasteiger partial charge in [-0.15, -0.1) is 0 Å². The molecule has 1 N–H and O–H groups in total. The molecule has 0 aromatic heterocycles. The maximum Gasteiger partial charge on any atom is 0.242 e. The normalized spacial score (nSPS) is 12.2. The Morgan fingerprint density at radius 2 is 1.63 bits per heavy atom. The van der Waals surface area contributed by atoms with Gasteiger partial charge >= 0.3 is 0 Å². The Balaban J connectivity index is 2.15. The van der Waals surface area contributed by atoms with Gasteiger partial charge in [0, 0.05) is 30.6 Å². The SMILES string of the molecule is COc1ccc(N(CCCC(=O)N(Cc2ccc(Cl)cc2)[C@@H](C)C(=O)NC(C)C)S(C)(=O)=O)cc1. The lowest BCUT2D eigenvalue weighted by Gasteiger charge is -2.30. The summed E-state index contributed by atoms with van der Waals surface area (Å²) in [6.45, 7) is 5.75. The number of nitrogens with one attached hydrogen (secondary N) is 1. The van der Waals surface area contributed by atoms with Gasteiger partial charge in [-0.25, -0.2) is 8.42 Å². The molecule has 192 valence electrons. The third-order valence-electron chi connectivity index (χ3n) is 5.38. The van der Waals surface area contributed by atoms with Gasteiger partial charge in [0.1, 0.15) is 11.8 Å². The number of halogens is 1. The average Bonchev–Trinajstić information content (AvgIpc) is 2.79. The highest BCUT2D eigenvalue weighted by Crippen LogP contribution is 2.22. The van der Waals surface area contributed by atoms with E-state index in [0.717, 1.165) is 11.8 Å². The smallest absolute Gasteiger partial charge is 0.242 e. The van der Waals surface area contributed by atoms with Gasteiger partial charge < -0.3 is 15.0 Å². The minimum atomic E-state index is -3.56. The van der Waals surface area contributed by atoms with Crippen LogP contribution in [0.4, 0.5) is 5.69 Å². The van der Waals surface area contributed by atoms with Crippen molar-refractivity contribution in [2.75, 3.05) is 24.2 Å². The van der Waals surface area contributed by atoms with E-state index in [1.807, 2.05) is 26.0 Å². The van der Waals surface area contributed by atoms with E-state index in [0.29, 0.717) is 16.5 Å². The molecule has 2 rings (SSSR count). The Morgan fingerprint density at radius 3 is 2.14 bits per heavy atom. The minimum Gasteiger partial charge on any atom is -0.497 e. The number of ether oxygens (including phenoxy) is 1. The summed E-state index contributed by atoms with van der Waals surface area (Å²) >= 11 is 5.98. The largest absolute Gasteiger partial charge is 0.497 e. The maximum atomic E-state index is 13.2. The van der Waals surface area contributed by atoms with Crippen molar-refractivity contribution < 1.29 is 22.7 Å². The Labute approximate surface area is 213 Å². The van der Waals surface area contributed by atoms with Crippen LogP contribution in [0.15, 0.2) is 48.5 Å². The van der Waals surface area contributed by atoms with E-state index < -0.39 is 16.1 Å². The van der Waals surface area contributed by atoms with Crippen LogP contribution in [0.1, 0.15) is 39.2 Å². The van der Waals surface area contributed by atoms with Crippen LogP contribution in [0.25, 0.3) is 0 Å². The van der Waals surface area contributed by atoms with Gasteiger partial charge in [0.05, 0.1) is 19.1 Å². The summed E-state index contributed by atoms with van der Waals surface area (Å²) in [5.74, 6) is 0.122. The van der Waals surface area contributed by atoms with Crippen molar-refractivity contribution in [3.05, 3.63) is 59.1 Å². The predicted molar refractivity (Wildman–Crippen MR) is 139 cm³/mol. The molecular weight excluding hydrogens is 490 g/mol. The summed E-state index contributed by atoms with van der Waals surface area (Å²) in [5, 5.41) is 3.43. The molecule has 35 heavy (non-hydrogen) atoms. The fourth-order valence-corrected chi connectivity index (χ4v) is 4.62. The standard InChI is InChI=1S/C25H34ClN3O5S/c1-18(2)27-25(31)19(3)28(17-20-8-10-21(26)11-9-20)24(30)7-6-16-29(35(5,32)33)22-12-14-23(34-4)15-13-22/h8-15,18-19H,6-7,16-17H2,1-5H3,(H,27,31)/t19-/m0/s1. The number of anilines is 1. The van der Waals surface area contributed by atoms with Crippen LogP contribution in [-0.2, 0) is 26.2 Å². The van der Waals surface area contributed by atoms with E-state index in [-0.39, 0.29) is 43.8 Å². The maximum absolute atomic E-state index is 13.2. The first-order chi connectivity index (χ1) is 16.4. The van der Waals surface area contributed by atoms with Crippen LogP contribution in [0.5, 0.6) is 5.75 Å². The Hall–Kier alpha value is -2.78. The number of benzene rings is 2. The zero-order valence-electron chi connectivity index (χ0n) is 20.8. The highest BCUT2D eigenvalue weighted by atomic mass is 35.5. The number of hydrogen-bond acceptors (Lipinski definition) is 5. The lowest BCUT2D eigenvalue weighted by atomic mass is 10.1. The number of methoxy groups -OCH3 is 1. The number of nitrogens with zero attached hydrogens (tertiary/aromatic N) is 2. The van der Waals surface area contributed by atoms with E-state index in [9.17, 15) is 18.0 Å². The molecule has 8 nitrogen and oxygen atoms in total. The van der Waals surface area contributed by atoms with Crippen LogP contribution >= 0.6 is 11.6 Å². The van der Waals surface area contributed by atoms with Gasteiger partial charge in [-0.3, -0.25) is 13.9 Å². The van der Waals surface area contributed by atoms with Crippen molar-refractivity contribution in [1.82, 2.24) is 10.2 Å². The summed E-state index contributed by atoms with van der Waals surface area (Å²) in [7, 11) is -2.03. The van der Waals surface area contributed by atoms with E-state index in [4.69, 9.17) is 16.3 Å². The quantitative estimate of drug-likeness (QED) is 0.456. The van der Waals surface area contributed by atoms with Crippen molar-refractivity contribution in [2.45, 2.75) is 52.2 Å². The monoisotopic (exact) mass is 523 g/mol. The molecule has 2 aromatic carbocycles. The van der Waals surface area contributed by atoms with Gasteiger partial charge in [0.25, 0.3) is 0 Å². The zero-order chi connectivity index (χ0) is 26.2. The molecule has 0 radical (unpaired) electrons. The molecular formula is C25H34ClN3O5S. The predicted octanol–water partition coefficient (Wildman–Crippen LogP) is 3.84. The first-order valence-electron chi connectivity index (χ1n) is 11.4. The third-order valence-corrected chi connectivity index (χ3v) is 6.82. The first kappa shape index (κ1) is 28.5. The second-order valence-corrected chi connectivity index (χ2v) is 11.0. The van der Waals surface area contributed by atoms with Crippen LogP contribution in [0.3, 0.4) is 0 Å². The molecule has 0 aliphatic heterocycles. The van der Waals surface area contributed by atoms with Crippen molar-refractivity contribution in [1.29, 1.82) is 0 Å². The Morgan fingerprint density at radius 1 is 1.03 bits per heavy atom. The van der Waals surface area contributed by atoms with Crippen molar-refractivity contribution in [3.8, 4) is 5.75 Å². The summed E-state index contributed by atoms with van der Waals surface area (Å²) < 4.78 is 31.2. The number of rotatable bonds is 12. The van der Waals surface area contributed by atoms with Crippen LogP contribution in [-0.4, -0.2) is 57.1 Å². The van der Waals surface area contributed by atoms with Crippen molar-refractivity contribution in [2.24, 2.45) is 0 Å².